The van der Waals surface area contributed by atoms with Crippen LogP contribution in [0.25, 0.3) is 11.6 Å². The van der Waals surface area contributed by atoms with Crippen molar-refractivity contribution in [3.63, 3.8) is 0 Å². The van der Waals surface area contributed by atoms with Crippen molar-refractivity contribution in [2.75, 3.05) is 7.11 Å². The minimum absolute atomic E-state index is 0.00744. The van der Waals surface area contributed by atoms with Crippen molar-refractivity contribution < 1.29 is 19.4 Å². The van der Waals surface area contributed by atoms with Crippen LogP contribution in [0.15, 0.2) is 42.5 Å². The first-order valence-corrected chi connectivity index (χ1v) is 7.56. The number of aromatic hydroxyl groups is 1. The minimum Gasteiger partial charge on any atom is -0.504 e. The van der Waals surface area contributed by atoms with E-state index in [2.05, 4.69) is 0 Å². The van der Waals surface area contributed by atoms with Gasteiger partial charge in [0.05, 0.1) is 13.2 Å². The number of carbonyl (C=O) groups excluding carboxylic acids is 1. The van der Waals surface area contributed by atoms with Gasteiger partial charge in [0.15, 0.2) is 11.5 Å². The maximum atomic E-state index is 11.9. The average Bonchev–Trinajstić information content (AvgIpc) is 2.52. The van der Waals surface area contributed by atoms with E-state index in [1.165, 1.54) is 13.2 Å². The molecular formula is C19H21NO4. The highest BCUT2D eigenvalue weighted by Crippen LogP contribution is 2.29. The van der Waals surface area contributed by atoms with E-state index in [1.807, 2.05) is 19.9 Å². The number of hydrogen-bond acceptors (Lipinski definition) is 4. The highest BCUT2D eigenvalue weighted by Gasteiger charge is 2.11. The summed E-state index contributed by atoms with van der Waals surface area (Å²) in [7, 11) is 1.47. The van der Waals surface area contributed by atoms with Crippen LogP contribution in [0.3, 0.4) is 0 Å². The van der Waals surface area contributed by atoms with Gasteiger partial charge in [0, 0.05) is 5.57 Å². The molecule has 2 aromatic rings. The molecule has 3 N–H and O–H groups in total. The second-order valence-electron chi connectivity index (χ2n) is 5.55. The zero-order chi connectivity index (χ0) is 17.7. The zero-order valence-corrected chi connectivity index (χ0v) is 13.9. The molecular weight excluding hydrogens is 306 g/mol. The largest absolute Gasteiger partial charge is 0.504 e. The molecule has 0 saturated heterocycles. The number of amides is 1. The summed E-state index contributed by atoms with van der Waals surface area (Å²) in [5, 5.41) is 9.87. The quantitative estimate of drug-likeness (QED) is 0.630. The molecule has 2 rings (SSSR count). The first kappa shape index (κ1) is 17.4. The second kappa shape index (κ2) is 7.55. The number of primary amides is 1. The summed E-state index contributed by atoms with van der Waals surface area (Å²) >= 11 is 0. The van der Waals surface area contributed by atoms with Crippen LogP contribution in [0.5, 0.6) is 17.2 Å². The molecule has 126 valence electrons. The molecule has 0 aliphatic carbocycles. The molecule has 0 aliphatic rings. The molecule has 0 aliphatic heterocycles. The van der Waals surface area contributed by atoms with Crippen LogP contribution in [0.4, 0.5) is 0 Å². The fourth-order valence-electron chi connectivity index (χ4n) is 2.27. The molecule has 0 bridgehead atoms. The summed E-state index contributed by atoms with van der Waals surface area (Å²) in [5.41, 5.74) is 7.14. The van der Waals surface area contributed by atoms with Crippen LogP contribution >= 0.6 is 0 Å². The highest BCUT2D eigenvalue weighted by molar-refractivity contribution is 6.23. The maximum absolute atomic E-state index is 11.9. The number of ether oxygens (including phenoxy) is 2. The summed E-state index contributed by atoms with van der Waals surface area (Å²) < 4.78 is 10.7. The molecule has 5 heteroatoms. The number of phenolic OH excluding ortho intramolecular Hbond substituents is 1. The van der Waals surface area contributed by atoms with E-state index in [4.69, 9.17) is 15.2 Å². The van der Waals surface area contributed by atoms with Crippen LogP contribution in [0, 0.1) is 0 Å². The smallest absolute Gasteiger partial charge is 0.249 e. The Morgan fingerprint density at radius 2 is 1.96 bits per heavy atom. The molecule has 0 heterocycles. The van der Waals surface area contributed by atoms with E-state index in [9.17, 15) is 9.90 Å². The number of methoxy groups -OCH3 is 1. The van der Waals surface area contributed by atoms with E-state index in [0.29, 0.717) is 28.2 Å². The van der Waals surface area contributed by atoms with E-state index in [1.54, 1.807) is 36.4 Å². The van der Waals surface area contributed by atoms with Gasteiger partial charge in [-0.15, -0.1) is 0 Å². The summed E-state index contributed by atoms with van der Waals surface area (Å²) in [6.45, 7) is 3.86. The predicted molar refractivity (Wildman–Crippen MR) is 93.9 cm³/mol. The molecule has 0 unspecified atom stereocenters. The van der Waals surface area contributed by atoms with Gasteiger partial charge in [0.1, 0.15) is 5.75 Å². The Labute approximate surface area is 141 Å². The molecule has 24 heavy (non-hydrogen) atoms. The molecule has 0 saturated carbocycles. The topological polar surface area (TPSA) is 81.8 Å². The number of rotatable bonds is 6. The summed E-state index contributed by atoms with van der Waals surface area (Å²) in [6.07, 6.45) is 1.65. The molecule has 0 spiro atoms. The Kier molecular flexibility index (Phi) is 5.47. The molecule has 5 nitrogen and oxygen atoms in total. The van der Waals surface area contributed by atoms with Crippen molar-refractivity contribution in [2.45, 2.75) is 20.0 Å². The maximum Gasteiger partial charge on any atom is 0.249 e. The van der Waals surface area contributed by atoms with Gasteiger partial charge < -0.3 is 20.3 Å². The number of nitrogens with two attached hydrogens (primary N) is 1. The van der Waals surface area contributed by atoms with Crippen molar-refractivity contribution in [3.05, 3.63) is 53.6 Å². The normalized spacial score (nSPS) is 11.4. The SMILES string of the molecule is COc1ccc(/C=C(/C(N)=O)c2cccc(OC(C)C)c2)cc1O. The third kappa shape index (κ3) is 4.29. The van der Waals surface area contributed by atoms with E-state index >= 15 is 0 Å². The molecule has 2 aromatic carbocycles. The van der Waals surface area contributed by atoms with Crippen LogP contribution in [0.1, 0.15) is 25.0 Å². The van der Waals surface area contributed by atoms with E-state index in [0.717, 1.165) is 0 Å². The molecule has 0 aromatic heterocycles. The average molecular weight is 327 g/mol. The van der Waals surface area contributed by atoms with Crippen molar-refractivity contribution in [2.24, 2.45) is 5.73 Å². The Balaban J connectivity index is 2.42. The Bertz CT molecular complexity index is 766. The minimum atomic E-state index is -0.563. The van der Waals surface area contributed by atoms with Crippen LogP contribution < -0.4 is 15.2 Å². The summed E-state index contributed by atoms with van der Waals surface area (Å²) in [4.78, 5) is 11.9. The molecule has 0 atom stereocenters. The lowest BCUT2D eigenvalue weighted by Gasteiger charge is -2.12. The van der Waals surface area contributed by atoms with Crippen LogP contribution in [-0.4, -0.2) is 24.2 Å². The Morgan fingerprint density at radius 1 is 1.21 bits per heavy atom. The Hall–Kier alpha value is -2.95. The fraction of sp³-hybridized carbons (Fsp3) is 0.211. The van der Waals surface area contributed by atoms with Crippen LogP contribution in [-0.2, 0) is 4.79 Å². The van der Waals surface area contributed by atoms with Gasteiger partial charge in [-0.05, 0) is 55.3 Å². The number of phenols is 1. The molecule has 1 amide bonds. The van der Waals surface area contributed by atoms with Crippen LogP contribution in [0.2, 0.25) is 0 Å². The van der Waals surface area contributed by atoms with Gasteiger partial charge in [-0.3, -0.25) is 4.79 Å². The first-order valence-electron chi connectivity index (χ1n) is 7.56. The lowest BCUT2D eigenvalue weighted by molar-refractivity contribution is -0.112. The zero-order valence-electron chi connectivity index (χ0n) is 13.9. The van der Waals surface area contributed by atoms with Crippen molar-refractivity contribution in [1.29, 1.82) is 0 Å². The lowest BCUT2D eigenvalue weighted by atomic mass is 10.0. The van der Waals surface area contributed by atoms with Gasteiger partial charge in [0.2, 0.25) is 5.91 Å². The highest BCUT2D eigenvalue weighted by atomic mass is 16.5. The standard InChI is InChI=1S/C19H21NO4/c1-12(2)24-15-6-4-5-14(11-15)16(19(20)22)9-13-7-8-18(23-3)17(21)10-13/h4-12,21H,1-3H3,(H2,20,22)/b16-9+. The number of hydrogen-bond donors (Lipinski definition) is 2. The Morgan fingerprint density at radius 3 is 2.54 bits per heavy atom. The van der Waals surface area contributed by atoms with Crippen molar-refractivity contribution in [1.82, 2.24) is 0 Å². The van der Waals surface area contributed by atoms with E-state index in [-0.39, 0.29) is 11.9 Å². The lowest BCUT2D eigenvalue weighted by Crippen LogP contribution is -2.13. The predicted octanol–water partition coefficient (Wildman–Crippen LogP) is 3.21. The monoisotopic (exact) mass is 327 g/mol. The van der Waals surface area contributed by atoms with Gasteiger partial charge >= 0.3 is 0 Å². The van der Waals surface area contributed by atoms with Gasteiger partial charge in [-0.25, -0.2) is 0 Å². The third-order valence-electron chi connectivity index (χ3n) is 3.30. The second-order valence-corrected chi connectivity index (χ2v) is 5.55. The van der Waals surface area contributed by atoms with Gasteiger partial charge in [-0.2, -0.15) is 0 Å². The summed E-state index contributed by atoms with van der Waals surface area (Å²) in [5.74, 6) is 0.450. The van der Waals surface area contributed by atoms with Gasteiger partial charge in [-0.1, -0.05) is 18.2 Å². The van der Waals surface area contributed by atoms with Gasteiger partial charge in [0.25, 0.3) is 0 Å². The van der Waals surface area contributed by atoms with E-state index < -0.39 is 5.91 Å². The number of benzene rings is 2. The van der Waals surface area contributed by atoms with Crippen molar-refractivity contribution in [3.8, 4) is 17.2 Å². The molecule has 0 fully saturated rings. The first-order chi connectivity index (χ1) is 11.4. The molecule has 0 radical (unpaired) electrons. The van der Waals surface area contributed by atoms with Crippen molar-refractivity contribution >= 4 is 17.6 Å². The third-order valence-corrected chi connectivity index (χ3v) is 3.30. The fourth-order valence-corrected chi connectivity index (χ4v) is 2.27. The summed E-state index contributed by atoms with van der Waals surface area (Å²) in [6, 6.07) is 12.0. The number of carbonyl (C=O) groups is 1.